The zero-order chi connectivity index (χ0) is 21.5. The Morgan fingerprint density at radius 1 is 0.968 bits per heavy atom. The third-order valence-electron chi connectivity index (χ3n) is 5.54. The van der Waals surface area contributed by atoms with Gasteiger partial charge < -0.3 is 4.90 Å². The predicted octanol–water partition coefficient (Wildman–Crippen LogP) is 4.00. The molecule has 1 amide bonds. The summed E-state index contributed by atoms with van der Waals surface area (Å²) in [6, 6.07) is 20.2. The van der Waals surface area contributed by atoms with E-state index in [-0.39, 0.29) is 5.91 Å². The Morgan fingerprint density at radius 3 is 2.35 bits per heavy atom. The maximum atomic E-state index is 12.7. The molecule has 6 nitrogen and oxygen atoms in total. The Labute approximate surface area is 188 Å². The van der Waals surface area contributed by atoms with Gasteiger partial charge in [0.15, 0.2) is 11.0 Å². The van der Waals surface area contributed by atoms with E-state index in [2.05, 4.69) is 31.8 Å². The Bertz CT molecular complexity index is 970. The minimum absolute atomic E-state index is 0.0778. The second kappa shape index (κ2) is 10.6. The summed E-state index contributed by atoms with van der Waals surface area (Å²) in [5, 5.41) is 9.72. The normalized spacial score (nSPS) is 14.5. The number of nitrogens with zero attached hydrogens (tertiary/aromatic N) is 5. The van der Waals surface area contributed by atoms with Crippen LogP contribution in [0.25, 0.3) is 5.69 Å². The smallest absolute Gasteiger partial charge is 0.233 e. The summed E-state index contributed by atoms with van der Waals surface area (Å²) in [4.78, 5) is 16.9. The number of aromatic nitrogens is 3. The lowest BCUT2D eigenvalue weighted by Gasteiger charge is -2.26. The van der Waals surface area contributed by atoms with Crippen molar-refractivity contribution in [1.82, 2.24) is 24.6 Å². The molecule has 0 N–H and O–H groups in total. The number of thioether (sulfide) groups is 1. The van der Waals surface area contributed by atoms with Crippen molar-refractivity contribution in [2.75, 3.05) is 25.9 Å². The van der Waals surface area contributed by atoms with E-state index in [1.54, 1.807) is 4.90 Å². The van der Waals surface area contributed by atoms with Crippen molar-refractivity contribution in [2.24, 2.45) is 0 Å². The van der Waals surface area contributed by atoms with Gasteiger partial charge in [-0.3, -0.25) is 14.3 Å². The summed E-state index contributed by atoms with van der Waals surface area (Å²) in [6.45, 7) is 3.59. The van der Waals surface area contributed by atoms with Crippen molar-refractivity contribution >= 4 is 17.7 Å². The van der Waals surface area contributed by atoms with Crippen molar-refractivity contribution in [2.45, 2.75) is 37.5 Å². The van der Waals surface area contributed by atoms with Crippen LogP contribution < -0.4 is 0 Å². The molecular weight excluding hydrogens is 406 g/mol. The number of carbonyl (C=O) groups excluding carboxylic acids is 1. The minimum Gasteiger partial charge on any atom is -0.341 e. The summed E-state index contributed by atoms with van der Waals surface area (Å²) in [5.74, 6) is 1.34. The Balaban J connectivity index is 1.46. The van der Waals surface area contributed by atoms with Gasteiger partial charge in [-0.05, 0) is 43.6 Å². The highest BCUT2D eigenvalue weighted by Gasteiger charge is 2.20. The number of carbonyl (C=O) groups is 1. The van der Waals surface area contributed by atoms with Crippen LogP contribution in [0.4, 0.5) is 0 Å². The lowest BCUT2D eigenvalue weighted by Crippen LogP contribution is -2.30. The van der Waals surface area contributed by atoms with Crippen LogP contribution in [0.1, 0.15) is 30.7 Å². The van der Waals surface area contributed by atoms with Crippen LogP contribution in [0.3, 0.4) is 0 Å². The molecule has 0 radical (unpaired) electrons. The Kier molecular flexibility index (Phi) is 7.38. The van der Waals surface area contributed by atoms with Gasteiger partial charge >= 0.3 is 0 Å². The molecule has 7 heteroatoms. The van der Waals surface area contributed by atoms with Gasteiger partial charge in [-0.15, -0.1) is 10.2 Å². The molecule has 1 saturated heterocycles. The fraction of sp³-hybridized carbons (Fsp3) is 0.375. The lowest BCUT2D eigenvalue weighted by molar-refractivity contribution is -0.127. The third-order valence-corrected chi connectivity index (χ3v) is 6.46. The molecule has 0 saturated carbocycles. The number of rotatable bonds is 8. The average Bonchev–Trinajstić information content (AvgIpc) is 3.21. The molecule has 0 bridgehead atoms. The molecule has 1 aliphatic heterocycles. The molecule has 2 aromatic carbocycles. The number of amides is 1. The van der Waals surface area contributed by atoms with Crippen LogP contribution in [0.5, 0.6) is 0 Å². The van der Waals surface area contributed by atoms with Crippen LogP contribution >= 0.6 is 11.8 Å². The molecular formula is C24H29N5OS. The first-order chi connectivity index (χ1) is 15.2. The molecule has 2 heterocycles. The topological polar surface area (TPSA) is 54.3 Å². The van der Waals surface area contributed by atoms with Gasteiger partial charge in [0.2, 0.25) is 5.91 Å². The van der Waals surface area contributed by atoms with Crippen molar-refractivity contribution in [1.29, 1.82) is 0 Å². The van der Waals surface area contributed by atoms with Crippen molar-refractivity contribution in [3.05, 3.63) is 72.1 Å². The quantitative estimate of drug-likeness (QED) is 0.501. The zero-order valence-electron chi connectivity index (χ0n) is 18.0. The van der Waals surface area contributed by atoms with Gasteiger partial charge in [-0.25, -0.2) is 0 Å². The summed E-state index contributed by atoms with van der Waals surface area (Å²) >= 11 is 1.45. The van der Waals surface area contributed by atoms with Gasteiger partial charge in [0, 0.05) is 19.3 Å². The molecule has 31 heavy (non-hydrogen) atoms. The standard InChI is InChI=1S/C24H29N5OS/c1-27(17-20-11-5-2-6-12-20)23(30)19-31-24-26-25-22(18-28-15-9-4-10-16-28)29(24)21-13-7-3-8-14-21/h2-3,5-8,11-14H,4,9-10,15-19H2,1H3. The fourth-order valence-electron chi connectivity index (χ4n) is 3.83. The van der Waals surface area contributed by atoms with E-state index in [1.807, 2.05) is 55.6 Å². The van der Waals surface area contributed by atoms with Crippen molar-refractivity contribution in [3.8, 4) is 5.69 Å². The van der Waals surface area contributed by atoms with E-state index >= 15 is 0 Å². The van der Waals surface area contributed by atoms with Crippen LogP contribution in [-0.4, -0.2) is 56.4 Å². The van der Waals surface area contributed by atoms with E-state index in [0.29, 0.717) is 12.3 Å². The maximum absolute atomic E-state index is 12.7. The molecule has 4 rings (SSSR count). The summed E-state index contributed by atoms with van der Waals surface area (Å²) in [6.07, 6.45) is 3.79. The highest BCUT2D eigenvalue weighted by Crippen LogP contribution is 2.24. The number of likely N-dealkylation sites (tertiary alicyclic amines) is 1. The molecule has 0 aliphatic carbocycles. The van der Waals surface area contributed by atoms with Crippen LogP contribution in [0.2, 0.25) is 0 Å². The van der Waals surface area contributed by atoms with Crippen molar-refractivity contribution in [3.63, 3.8) is 0 Å². The van der Waals surface area contributed by atoms with Crippen molar-refractivity contribution < 1.29 is 4.79 Å². The van der Waals surface area contributed by atoms with E-state index in [1.165, 1.54) is 31.0 Å². The largest absolute Gasteiger partial charge is 0.341 e. The van der Waals surface area contributed by atoms with E-state index in [0.717, 1.165) is 41.9 Å². The van der Waals surface area contributed by atoms with Gasteiger partial charge in [0.05, 0.1) is 12.3 Å². The predicted molar refractivity (Wildman–Crippen MR) is 124 cm³/mol. The molecule has 1 aromatic heterocycles. The second-order valence-corrected chi connectivity index (χ2v) is 8.87. The molecule has 1 fully saturated rings. The molecule has 162 valence electrons. The first kappa shape index (κ1) is 21.6. The fourth-order valence-corrected chi connectivity index (χ4v) is 4.74. The molecule has 1 aliphatic rings. The number of piperidine rings is 1. The van der Waals surface area contributed by atoms with Crippen LogP contribution in [0, 0.1) is 0 Å². The first-order valence-corrected chi connectivity index (χ1v) is 11.8. The zero-order valence-corrected chi connectivity index (χ0v) is 18.8. The second-order valence-electron chi connectivity index (χ2n) is 7.93. The van der Waals surface area contributed by atoms with E-state index in [9.17, 15) is 4.79 Å². The van der Waals surface area contributed by atoms with E-state index in [4.69, 9.17) is 0 Å². The Morgan fingerprint density at radius 2 is 1.65 bits per heavy atom. The molecule has 0 atom stereocenters. The first-order valence-electron chi connectivity index (χ1n) is 10.8. The van der Waals surface area contributed by atoms with Gasteiger partial charge in [-0.1, -0.05) is 66.7 Å². The maximum Gasteiger partial charge on any atom is 0.233 e. The Hall–Kier alpha value is -2.64. The molecule has 3 aromatic rings. The monoisotopic (exact) mass is 435 g/mol. The van der Waals surface area contributed by atoms with Gasteiger partial charge in [-0.2, -0.15) is 0 Å². The number of hydrogen-bond donors (Lipinski definition) is 0. The summed E-state index contributed by atoms with van der Waals surface area (Å²) < 4.78 is 2.10. The van der Waals surface area contributed by atoms with Gasteiger partial charge in [0.25, 0.3) is 0 Å². The summed E-state index contributed by atoms with van der Waals surface area (Å²) in [5.41, 5.74) is 2.16. The van der Waals surface area contributed by atoms with E-state index < -0.39 is 0 Å². The SMILES string of the molecule is CN(Cc1ccccc1)C(=O)CSc1nnc(CN2CCCCC2)n1-c1ccccc1. The minimum atomic E-state index is 0.0778. The number of benzene rings is 2. The lowest BCUT2D eigenvalue weighted by atomic mass is 10.1. The number of hydrogen-bond acceptors (Lipinski definition) is 5. The van der Waals surface area contributed by atoms with Crippen LogP contribution in [-0.2, 0) is 17.9 Å². The molecule has 0 spiro atoms. The highest BCUT2D eigenvalue weighted by atomic mass is 32.2. The number of para-hydroxylation sites is 1. The van der Waals surface area contributed by atoms with Gasteiger partial charge in [0.1, 0.15) is 0 Å². The molecule has 0 unspecified atom stereocenters. The highest BCUT2D eigenvalue weighted by molar-refractivity contribution is 7.99. The van der Waals surface area contributed by atoms with Crippen LogP contribution in [0.15, 0.2) is 65.8 Å². The third kappa shape index (κ3) is 5.74. The summed E-state index contributed by atoms with van der Waals surface area (Å²) in [7, 11) is 1.85. The average molecular weight is 436 g/mol.